The predicted octanol–water partition coefficient (Wildman–Crippen LogP) is 3.78. The van der Waals surface area contributed by atoms with Gasteiger partial charge in [-0.3, -0.25) is 4.79 Å². The van der Waals surface area contributed by atoms with Crippen LogP contribution in [0.5, 0.6) is 0 Å². The monoisotopic (exact) mass is 316 g/mol. The molecule has 0 unspecified atom stereocenters. The van der Waals surface area contributed by atoms with Gasteiger partial charge in [-0.15, -0.1) is 0 Å². The second-order valence-electron chi connectivity index (χ2n) is 7.23. The first-order valence-corrected chi connectivity index (χ1v) is 9.06. The molecule has 0 spiro atoms. The third kappa shape index (κ3) is 5.07. The normalized spacial score (nSPS) is 24.6. The first kappa shape index (κ1) is 18.0. The number of hydrogen-bond donors (Lipinski definition) is 1. The van der Waals surface area contributed by atoms with Crippen molar-refractivity contribution in [3.63, 3.8) is 0 Å². The number of carbonyl (C=O) groups is 1. The largest absolute Gasteiger partial charge is 0.353 e. The summed E-state index contributed by atoms with van der Waals surface area (Å²) < 4.78 is 0. The van der Waals surface area contributed by atoms with Gasteiger partial charge in [0.1, 0.15) is 0 Å². The highest BCUT2D eigenvalue weighted by Gasteiger charge is 2.37. The maximum atomic E-state index is 11.9. The molecule has 1 saturated carbocycles. The molecule has 0 heterocycles. The number of unbranched alkanes of at least 4 members (excludes halogenated alkanes) is 1. The van der Waals surface area contributed by atoms with E-state index < -0.39 is 0 Å². The molecule has 1 N–H and O–H groups in total. The molecule has 1 aromatic carbocycles. The number of hydrogen-bond acceptors (Lipinski definition) is 2. The zero-order valence-electron chi connectivity index (χ0n) is 15.0. The van der Waals surface area contributed by atoms with Crippen LogP contribution in [0, 0.1) is 0 Å². The highest BCUT2D eigenvalue weighted by molar-refractivity contribution is 5.76. The summed E-state index contributed by atoms with van der Waals surface area (Å²) in [6.07, 6.45) is 8.31. The Bertz CT molecular complexity index is 476. The van der Waals surface area contributed by atoms with Crippen LogP contribution in [0.4, 0.5) is 0 Å². The van der Waals surface area contributed by atoms with E-state index in [1.165, 1.54) is 5.56 Å². The summed E-state index contributed by atoms with van der Waals surface area (Å²) >= 11 is 0. The Hall–Kier alpha value is -1.35. The first-order valence-electron chi connectivity index (χ1n) is 9.06. The number of rotatable bonds is 7. The van der Waals surface area contributed by atoms with Crippen LogP contribution >= 0.6 is 0 Å². The third-order valence-corrected chi connectivity index (χ3v) is 5.36. The SMILES string of the molecule is CCCCC(=O)NC1CCC(Cc2ccccc2)(N(C)C)CC1. The molecule has 0 radical (unpaired) electrons. The number of nitrogens with zero attached hydrogens (tertiary/aromatic N) is 1. The molecule has 0 atom stereocenters. The Kier molecular flexibility index (Phi) is 6.64. The quantitative estimate of drug-likeness (QED) is 0.830. The third-order valence-electron chi connectivity index (χ3n) is 5.36. The highest BCUT2D eigenvalue weighted by atomic mass is 16.1. The van der Waals surface area contributed by atoms with Crippen molar-refractivity contribution in [1.29, 1.82) is 0 Å². The van der Waals surface area contributed by atoms with Crippen LogP contribution in [0.3, 0.4) is 0 Å². The zero-order chi connectivity index (χ0) is 16.7. The Labute approximate surface area is 141 Å². The molecular formula is C20H32N2O. The molecule has 1 aliphatic rings. The molecule has 23 heavy (non-hydrogen) atoms. The summed E-state index contributed by atoms with van der Waals surface area (Å²) in [4.78, 5) is 14.3. The maximum Gasteiger partial charge on any atom is 0.220 e. The van der Waals surface area contributed by atoms with Crippen LogP contribution in [-0.4, -0.2) is 36.5 Å². The summed E-state index contributed by atoms with van der Waals surface area (Å²) in [5.41, 5.74) is 1.64. The highest BCUT2D eigenvalue weighted by Crippen LogP contribution is 2.35. The molecule has 1 aliphatic carbocycles. The molecule has 1 fully saturated rings. The van der Waals surface area contributed by atoms with E-state index in [1.807, 2.05) is 0 Å². The number of likely N-dealkylation sites (N-methyl/N-ethyl adjacent to an activating group) is 1. The fraction of sp³-hybridized carbons (Fsp3) is 0.650. The van der Waals surface area contributed by atoms with Crippen molar-refractivity contribution < 1.29 is 4.79 Å². The lowest BCUT2D eigenvalue weighted by molar-refractivity contribution is -0.122. The molecule has 128 valence electrons. The average molecular weight is 316 g/mol. The van der Waals surface area contributed by atoms with Gasteiger partial charge in [0.15, 0.2) is 0 Å². The zero-order valence-corrected chi connectivity index (χ0v) is 15.0. The van der Waals surface area contributed by atoms with Gasteiger partial charge < -0.3 is 10.2 Å². The molecule has 2 rings (SSSR count). The van der Waals surface area contributed by atoms with Crippen LogP contribution < -0.4 is 5.32 Å². The predicted molar refractivity (Wildman–Crippen MR) is 96.5 cm³/mol. The van der Waals surface area contributed by atoms with Gasteiger partial charge in [-0.2, -0.15) is 0 Å². The first-order chi connectivity index (χ1) is 11.1. The van der Waals surface area contributed by atoms with Crippen molar-refractivity contribution in [2.75, 3.05) is 14.1 Å². The molecule has 3 nitrogen and oxygen atoms in total. The van der Waals surface area contributed by atoms with Gasteiger partial charge >= 0.3 is 0 Å². The van der Waals surface area contributed by atoms with Gasteiger partial charge in [-0.05, 0) is 58.2 Å². The van der Waals surface area contributed by atoms with Gasteiger partial charge in [0.2, 0.25) is 5.91 Å². The van der Waals surface area contributed by atoms with E-state index in [4.69, 9.17) is 0 Å². The second kappa shape index (κ2) is 8.49. The van der Waals surface area contributed by atoms with Crippen molar-refractivity contribution in [3.05, 3.63) is 35.9 Å². The van der Waals surface area contributed by atoms with Crippen LogP contribution in [0.2, 0.25) is 0 Å². The molecule has 1 aromatic rings. The lowest BCUT2D eigenvalue weighted by Crippen LogP contribution is -2.52. The number of carbonyl (C=O) groups excluding carboxylic acids is 1. The van der Waals surface area contributed by atoms with Crippen molar-refractivity contribution in [2.24, 2.45) is 0 Å². The lowest BCUT2D eigenvalue weighted by atomic mass is 9.75. The Morgan fingerprint density at radius 1 is 1.22 bits per heavy atom. The summed E-state index contributed by atoms with van der Waals surface area (Å²) in [7, 11) is 4.40. The fourth-order valence-corrected chi connectivity index (χ4v) is 3.69. The Balaban J connectivity index is 1.91. The van der Waals surface area contributed by atoms with Gasteiger partial charge in [0.25, 0.3) is 0 Å². The topological polar surface area (TPSA) is 32.3 Å². The minimum Gasteiger partial charge on any atom is -0.353 e. The second-order valence-corrected chi connectivity index (χ2v) is 7.23. The van der Waals surface area contributed by atoms with Crippen molar-refractivity contribution in [1.82, 2.24) is 10.2 Å². The molecule has 1 amide bonds. The van der Waals surface area contributed by atoms with Crippen LogP contribution in [-0.2, 0) is 11.2 Å². The van der Waals surface area contributed by atoms with Crippen LogP contribution in [0.25, 0.3) is 0 Å². The molecule has 0 saturated heterocycles. The minimum absolute atomic E-state index is 0.228. The summed E-state index contributed by atoms with van der Waals surface area (Å²) in [6.45, 7) is 2.13. The Morgan fingerprint density at radius 3 is 2.43 bits per heavy atom. The van der Waals surface area contributed by atoms with E-state index in [-0.39, 0.29) is 11.4 Å². The summed E-state index contributed by atoms with van der Waals surface area (Å²) in [5.74, 6) is 0.234. The van der Waals surface area contributed by atoms with Gasteiger partial charge in [0.05, 0.1) is 0 Å². The fourth-order valence-electron chi connectivity index (χ4n) is 3.69. The van der Waals surface area contributed by atoms with Crippen LogP contribution in [0.1, 0.15) is 57.4 Å². The van der Waals surface area contributed by atoms with Crippen molar-refractivity contribution in [3.8, 4) is 0 Å². The molecule has 3 heteroatoms. The van der Waals surface area contributed by atoms with Gasteiger partial charge in [-0.25, -0.2) is 0 Å². The van der Waals surface area contributed by atoms with E-state index in [0.29, 0.717) is 12.5 Å². The van der Waals surface area contributed by atoms with E-state index in [0.717, 1.165) is 44.9 Å². The molecule has 0 aliphatic heterocycles. The standard InChI is InChI=1S/C20H32N2O/c1-4-5-11-19(23)21-18-12-14-20(15-13-18,22(2)3)16-17-9-7-6-8-10-17/h6-10,18H,4-5,11-16H2,1-3H3,(H,21,23). The summed E-state index contributed by atoms with van der Waals surface area (Å²) in [6, 6.07) is 11.1. The molecule has 0 aromatic heterocycles. The maximum absolute atomic E-state index is 11.9. The van der Waals surface area contributed by atoms with Gasteiger partial charge in [0, 0.05) is 18.0 Å². The molecule has 0 bridgehead atoms. The van der Waals surface area contributed by atoms with Crippen molar-refractivity contribution >= 4 is 5.91 Å². The van der Waals surface area contributed by atoms with Crippen molar-refractivity contribution in [2.45, 2.75) is 69.9 Å². The average Bonchev–Trinajstić information content (AvgIpc) is 2.55. The molecular weight excluding hydrogens is 284 g/mol. The summed E-state index contributed by atoms with van der Waals surface area (Å²) in [5, 5.41) is 3.24. The number of nitrogens with one attached hydrogen (secondary N) is 1. The van der Waals surface area contributed by atoms with E-state index in [1.54, 1.807) is 0 Å². The van der Waals surface area contributed by atoms with E-state index in [9.17, 15) is 4.79 Å². The van der Waals surface area contributed by atoms with Crippen LogP contribution in [0.15, 0.2) is 30.3 Å². The Morgan fingerprint density at radius 2 is 1.87 bits per heavy atom. The van der Waals surface area contributed by atoms with E-state index in [2.05, 4.69) is 61.6 Å². The smallest absolute Gasteiger partial charge is 0.220 e. The number of amides is 1. The van der Waals surface area contributed by atoms with E-state index >= 15 is 0 Å². The van der Waals surface area contributed by atoms with Gasteiger partial charge in [-0.1, -0.05) is 43.7 Å². The minimum atomic E-state index is 0.228. The number of benzene rings is 1. The lowest BCUT2D eigenvalue weighted by Gasteiger charge is -2.45.